The molecule has 2 aromatic heterocycles. The van der Waals surface area contributed by atoms with E-state index < -0.39 is 17.0 Å². The number of hydrogen-bond donors (Lipinski definition) is 1. The van der Waals surface area contributed by atoms with Crippen LogP contribution < -0.4 is 17.0 Å². The number of imidazole rings is 1. The van der Waals surface area contributed by atoms with Crippen molar-refractivity contribution in [3.63, 3.8) is 0 Å². The smallest absolute Gasteiger partial charge is 0.332 e. The molecule has 0 amide bonds. The summed E-state index contributed by atoms with van der Waals surface area (Å²) in [6.45, 7) is 5.25. The Hall–Kier alpha value is -2.85. The zero-order valence-corrected chi connectivity index (χ0v) is 18.9. The van der Waals surface area contributed by atoms with Crippen molar-refractivity contribution in [2.24, 2.45) is 13.0 Å². The lowest BCUT2D eigenvalue weighted by molar-refractivity contribution is 0.102. The van der Waals surface area contributed by atoms with Gasteiger partial charge in [0.1, 0.15) is 11.4 Å². The molecule has 0 bridgehead atoms. The summed E-state index contributed by atoms with van der Waals surface area (Å²) in [5, 5.41) is 0.650. The van der Waals surface area contributed by atoms with Crippen molar-refractivity contribution in [3.05, 3.63) is 50.7 Å². The fraction of sp³-hybridized carbons (Fsp3) is 0.429. The molecule has 9 nitrogen and oxygen atoms in total. The van der Waals surface area contributed by atoms with Crippen molar-refractivity contribution in [3.8, 4) is 0 Å². The Balaban J connectivity index is 1.94. The Bertz CT molecular complexity index is 1220. The van der Waals surface area contributed by atoms with Gasteiger partial charge < -0.3 is 15.0 Å². The molecule has 0 fully saturated rings. The number of nitrogen functional groups attached to an aromatic ring is 1. The molecule has 0 aliphatic rings. The summed E-state index contributed by atoms with van der Waals surface area (Å²) < 4.78 is 9.41. The summed E-state index contributed by atoms with van der Waals surface area (Å²) in [5.74, 6) is -0.433. The molecule has 0 aliphatic heterocycles. The minimum absolute atomic E-state index is 0.0321. The lowest BCUT2D eigenvalue weighted by Crippen LogP contribution is -2.43. The average molecular weight is 446 g/mol. The van der Waals surface area contributed by atoms with Crippen LogP contribution in [0.2, 0.25) is 0 Å². The Kier molecular flexibility index (Phi) is 7.01. The van der Waals surface area contributed by atoms with Gasteiger partial charge in [0.15, 0.2) is 10.9 Å². The van der Waals surface area contributed by atoms with Gasteiger partial charge in [0.2, 0.25) is 0 Å². The lowest BCUT2D eigenvalue weighted by Gasteiger charge is -2.16. The second-order valence-electron chi connectivity index (χ2n) is 7.65. The molecule has 2 heterocycles. The first-order valence-corrected chi connectivity index (χ1v) is 10.9. The maximum Gasteiger partial charge on any atom is 0.332 e. The maximum absolute atomic E-state index is 13.0. The molecule has 1 aromatic carbocycles. The minimum atomic E-state index is -0.680. The van der Waals surface area contributed by atoms with Gasteiger partial charge in [-0.25, -0.2) is 9.78 Å². The lowest BCUT2D eigenvalue weighted by atomic mass is 10.2. The highest BCUT2D eigenvalue weighted by molar-refractivity contribution is 7.99. The molecule has 31 heavy (non-hydrogen) atoms. The summed E-state index contributed by atoms with van der Waals surface area (Å²) in [5.41, 5.74) is 6.50. The normalized spacial score (nSPS) is 11.5. The van der Waals surface area contributed by atoms with Crippen LogP contribution in [0.15, 0.2) is 39.0 Å². The van der Waals surface area contributed by atoms with Gasteiger partial charge in [-0.05, 0) is 18.1 Å². The van der Waals surface area contributed by atoms with Crippen LogP contribution in [-0.4, -0.2) is 43.9 Å². The topological polar surface area (TPSA) is 114 Å². The zero-order chi connectivity index (χ0) is 22.7. The van der Waals surface area contributed by atoms with E-state index >= 15 is 0 Å². The number of methoxy groups -OCH3 is 1. The number of anilines is 1. The van der Waals surface area contributed by atoms with Gasteiger partial charge in [0.05, 0.1) is 23.4 Å². The molecule has 0 atom stereocenters. The summed E-state index contributed by atoms with van der Waals surface area (Å²) in [4.78, 5) is 42.7. The average Bonchev–Trinajstić information content (AvgIpc) is 3.09. The van der Waals surface area contributed by atoms with Crippen molar-refractivity contribution >= 4 is 34.4 Å². The van der Waals surface area contributed by atoms with E-state index in [9.17, 15) is 14.4 Å². The molecule has 0 saturated carbocycles. The van der Waals surface area contributed by atoms with E-state index in [0.717, 1.165) is 15.6 Å². The molecule has 0 radical (unpaired) electrons. The highest BCUT2D eigenvalue weighted by Crippen LogP contribution is 2.25. The number of rotatable bonds is 9. The molecule has 0 unspecified atom stereocenters. The molecule has 10 heteroatoms. The van der Waals surface area contributed by atoms with Crippen molar-refractivity contribution in [1.29, 1.82) is 0 Å². The Morgan fingerprint density at radius 1 is 1.23 bits per heavy atom. The van der Waals surface area contributed by atoms with Gasteiger partial charge in [-0.3, -0.25) is 18.7 Å². The van der Waals surface area contributed by atoms with Crippen LogP contribution in [-0.2, 0) is 24.9 Å². The van der Waals surface area contributed by atoms with Crippen molar-refractivity contribution in [2.75, 3.05) is 25.2 Å². The van der Waals surface area contributed by atoms with Crippen LogP contribution >= 0.6 is 11.8 Å². The third kappa shape index (κ3) is 4.59. The maximum atomic E-state index is 13.0. The van der Waals surface area contributed by atoms with Crippen LogP contribution in [0.5, 0.6) is 0 Å². The number of fused-ring (bicyclic) bond motifs is 1. The second kappa shape index (κ2) is 9.52. The first-order chi connectivity index (χ1) is 14.8. The number of nitrogens with two attached hydrogens (primary N) is 1. The predicted molar refractivity (Wildman–Crippen MR) is 122 cm³/mol. The standard InChI is InChI=1S/C21H27N5O4S/c1-13(2)11-26-18(22)17(19(28)24(3)21(26)29)16(27)12-31-20-23-14-7-5-6-8-15(14)25(20)9-10-30-4/h5-8,13H,9-12,22H2,1-4H3. The molecule has 3 aromatic rings. The fourth-order valence-corrected chi connectivity index (χ4v) is 4.26. The van der Waals surface area contributed by atoms with Crippen LogP contribution in [0.4, 0.5) is 5.82 Å². The van der Waals surface area contributed by atoms with Gasteiger partial charge in [-0.1, -0.05) is 37.7 Å². The minimum Gasteiger partial charge on any atom is -0.384 e. The number of ether oxygens (including phenoxy) is 1. The van der Waals surface area contributed by atoms with E-state index in [4.69, 9.17) is 10.5 Å². The number of hydrogen-bond acceptors (Lipinski definition) is 7. The number of nitrogens with zero attached hydrogens (tertiary/aromatic N) is 4. The van der Waals surface area contributed by atoms with Gasteiger partial charge in [0, 0.05) is 27.2 Å². The van der Waals surface area contributed by atoms with Crippen molar-refractivity contribution in [2.45, 2.75) is 32.1 Å². The summed E-state index contributed by atoms with van der Waals surface area (Å²) in [6, 6.07) is 7.69. The molecule has 0 aliphatic carbocycles. The third-order valence-corrected chi connectivity index (χ3v) is 5.86. The number of Topliss-reactive ketones (excluding diaryl/α,β-unsaturated/α-hetero) is 1. The number of para-hydroxylation sites is 2. The van der Waals surface area contributed by atoms with Crippen LogP contribution in [0, 0.1) is 5.92 Å². The largest absolute Gasteiger partial charge is 0.384 e. The molecule has 3 rings (SSSR count). The van der Waals surface area contributed by atoms with Crippen molar-refractivity contribution < 1.29 is 9.53 Å². The number of aromatic nitrogens is 4. The zero-order valence-electron chi connectivity index (χ0n) is 18.1. The predicted octanol–water partition coefficient (Wildman–Crippen LogP) is 1.76. The number of carbonyl (C=O) groups is 1. The van der Waals surface area contributed by atoms with E-state index in [1.807, 2.05) is 42.7 Å². The van der Waals surface area contributed by atoms with Gasteiger partial charge in [-0.15, -0.1) is 0 Å². The van der Waals surface area contributed by atoms with E-state index in [-0.39, 0.29) is 23.1 Å². The molecule has 0 spiro atoms. The van der Waals surface area contributed by atoms with Gasteiger partial charge in [-0.2, -0.15) is 0 Å². The highest BCUT2D eigenvalue weighted by atomic mass is 32.2. The van der Waals surface area contributed by atoms with E-state index in [1.165, 1.54) is 23.4 Å². The Morgan fingerprint density at radius 3 is 2.61 bits per heavy atom. The number of carbonyl (C=O) groups excluding carboxylic acids is 1. The van der Waals surface area contributed by atoms with Crippen LogP contribution in [0.25, 0.3) is 11.0 Å². The SMILES string of the molecule is COCCn1c(SCC(=O)c2c(N)n(CC(C)C)c(=O)n(C)c2=O)nc2ccccc21. The third-order valence-electron chi connectivity index (χ3n) is 4.88. The second-order valence-corrected chi connectivity index (χ2v) is 8.59. The molecule has 2 N–H and O–H groups in total. The highest BCUT2D eigenvalue weighted by Gasteiger charge is 2.23. The van der Waals surface area contributed by atoms with E-state index in [1.54, 1.807) is 7.11 Å². The summed E-state index contributed by atoms with van der Waals surface area (Å²) >= 11 is 1.23. The van der Waals surface area contributed by atoms with Crippen LogP contribution in [0.1, 0.15) is 24.2 Å². The van der Waals surface area contributed by atoms with Gasteiger partial charge in [0.25, 0.3) is 5.56 Å². The number of thioether (sulfide) groups is 1. The van der Waals surface area contributed by atoms with E-state index in [0.29, 0.717) is 24.9 Å². The van der Waals surface area contributed by atoms with E-state index in [2.05, 4.69) is 4.98 Å². The van der Waals surface area contributed by atoms with Crippen LogP contribution in [0.3, 0.4) is 0 Å². The summed E-state index contributed by atoms with van der Waals surface area (Å²) in [7, 11) is 2.98. The first kappa shape index (κ1) is 22.8. The Morgan fingerprint density at radius 2 is 1.94 bits per heavy atom. The van der Waals surface area contributed by atoms with Gasteiger partial charge >= 0.3 is 5.69 Å². The monoisotopic (exact) mass is 445 g/mol. The molecule has 166 valence electrons. The summed E-state index contributed by atoms with van der Waals surface area (Å²) in [6.07, 6.45) is 0. The quantitative estimate of drug-likeness (QED) is 0.394. The first-order valence-electron chi connectivity index (χ1n) is 9.95. The number of benzene rings is 1. The molecule has 0 saturated heterocycles. The Labute approximate surface area is 183 Å². The fourth-order valence-electron chi connectivity index (χ4n) is 3.35. The van der Waals surface area contributed by atoms with Crippen molar-refractivity contribution in [1.82, 2.24) is 18.7 Å². The molecular formula is C21H27N5O4S. The number of ketones is 1. The molecular weight excluding hydrogens is 418 g/mol.